The minimum Gasteiger partial charge on any atom is -0.473 e. The molecule has 1 aliphatic heterocycles. The molecule has 0 aromatic heterocycles. The standard InChI is InChI=1S/C16H22O5/c1-10(17)20-11-9-12-15(2,3)7-6-8-16(12,4)21-13(11)14(18)19-5/h9H,6-8H2,1-5H3/t16-/m1/s1. The Morgan fingerprint density at radius 2 is 1.90 bits per heavy atom. The van der Waals surface area contributed by atoms with Gasteiger partial charge in [0.2, 0.25) is 5.76 Å². The van der Waals surface area contributed by atoms with Crippen LogP contribution in [0, 0.1) is 5.41 Å². The van der Waals surface area contributed by atoms with Gasteiger partial charge in [-0.1, -0.05) is 13.8 Å². The third-order valence-electron chi connectivity index (χ3n) is 4.21. The molecule has 1 atom stereocenters. The fourth-order valence-electron chi connectivity index (χ4n) is 3.24. The zero-order valence-corrected chi connectivity index (χ0v) is 13.2. The summed E-state index contributed by atoms with van der Waals surface area (Å²) in [6, 6.07) is 0. The zero-order chi connectivity index (χ0) is 15.8. The van der Waals surface area contributed by atoms with Gasteiger partial charge in [0.05, 0.1) is 7.11 Å². The minimum atomic E-state index is -0.633. The molecule has 116 valence electrons. The van der Waals surface area contributed by atoms with Gasteiger partial charge in [0.15, 0.2) is 5.76 Å². The van der Waals surface area contributed by atoms with Crippen LogP contribution in [-0.4, -0.2) is 24.6 Å². The van der Waals surface area contributed by atoms with Crippen LogP contribution in [0.2, 0.25) is 0 Å². The number of fused-ring (bicyclic) bond motifs is 1. The SMILES string of the molecule is COC(=O)C1=C(OC(C)=O)C=C2C(C)(C)CCC[C@@]2(C)O1. The number of carbonyl (C=O) groups is 2. The van der Waals surface area contributed by atoms with Crippen molar-refractivity contribution in [3.63, 3.8) is 0 Å². The summed E-state index contributed by atoms with van der Waals surface area (Å²) in [5.74, 6) is -1.02. The lowest BCUT2D eigenvalue weighted by molar-refractivity contribution is -0.146. The maximum atomic E-state index is 11.9. The molecule has 21 heavy (non-hydrogen) atoms. The summed E-state index contributed by atoms with van der Waals surface area (Å²) in [5, 5.41) is 0. The van der Waals surface area contributed by atoms with Crippen LogP contribution in [0.4, 0.5) is 0 Å². The van der Waals surface area contributed by atoms with Crippen molar-refractivity contribution in [2.75, 3.05) is 7.11 Å². The summed E-state index contributed by atoms with van der Waals surface area (Å²) >= 11 is 0. The van der Waals surface area contributed by atoms with E-state index in [1.54, 1.807) is 6.08 Å². The van der Waals surface area contributed by atoms with E-state index in [9.17, 15) is 9.59 Å². The highest BCUT2D eigenvalue weighted by molar-refractivity contribution is 5.88. The molecule has 0 aromatic rings. The molecule has 1 fully saturated rings. The molecule has 5 heteroatoms. The molecule has 1 aliphatic carbocycles. The molecule has 2 aliphatic rings. The van der Waals surface area contributed by atoms with Crippen LogP contribution >= 0.6 is 0 Å². The van der Waals surface area contributed by atoms with Gasteiger partial charge in [0, 0.05) is 6.92 Å². The predicted octanol–water partition coefficient (Wildman–Crippen LogP) is 2.86. The molecule has 0 spiro atoms. The van der Waals surface area contributed by atoms with Crippen LogP contribution in [0.1, 0.15) is 47.0 Å². The van der Waals surface area contributed by atoms with E-state index < -0.39 is 17.5 Å². The molecule has 0 N–H and O–H groups in total. The summed E-state index contributed by atoms with van der Waals surface area (Å²) in [7, 11) is 1.27. The second-order valence-corrected chi connectivity index (χ2v) is 6.41. The van der Waals surface area contributed by atoms with Crippen LogP contribution < -0.4 is 0 Å². The number of carbonyl (C=O) groups excluding carboxylic acids is 2. The summed E-state index contributed by atoms with van der Waals surface area (Å²) in [6.07, 6.45) is 4.63. The summed E-state index contributed by atoms with van der Waals surface area (Å²) in [6.45, 7) is 7.52. The van der Waals surface area contributed by atoms with Gasteiger partial charge in [-0.25, -0.2) is 4.79 Å². The van der Waals surface area contributed by atoms with E-state index in [4.69, 9.17) is 14.2 Å². The zero-order valence-electron chi connectivity index (χ0n) is 13.2. The Bertz CT molecular complexity index is 541. The Labute approximate surface area is 124 Å². The molecule has 0 bridgehead atoms. The first kappa shape index (κ1) is 15.6. The lowest BCUT2D eigenvalue weighted by Gasteiger charge is -2.47. The second-order valence-electron chi connectivity index (χ2n) is 6.41. The first-order chi connectivity index (χ1) is 9.69. The molecule has 5 nitrogen and oxygen atoms in total. The number of hydrogen-bond donors (Lipinski definition) is 0. The lowest BCUT2D eigenvalue weighted by Crippen LogP contribution is -2.44. The van der Waals surface area contributed by atoms with Crippen molar-refractivity contribution in [1.29, 1.82) is 0 Å². The Hall–Kier alpha value is -1.78. The molecule has 0 amide bonds. The van der Waals surface area contributed by atoms with Gasteiger partial charge < -0.3 is 14.2 Å². The number of allylic oxidation sites excluding steroid dienone is 1. The van der Waals surface area contributed by atoms with E-state index in [1.165, 1.54) is 14.0 Å². The minimum absolute atomic E-state index is 0.0309. The van der Waals surface area contributed by atoms with Crippen LogP contribution in [0.15, 0.2) is 23.2 Å². The van der Waals surface area contributed by atoms with Crippen molar-refractivity contribution < 1.29 is 23.8 Å². The van der Waals surface area contributed by atoms with Crippen molar-refractivity contribution in [1.82, 2.24) is 0 Å². The van der Waals surface area contributed by atoms with E-state index >= 15 is 0 Å². The monoisotopic (exact) mass is 294 g/mol. The molecule has 0 unspecified atom stereocenters. The van der Waals surface area contributed by atoms with Crippen LogP contribution in [0.25, 0.3) is 0 Å². The number of methoxy groups -OCH3 is 1. The number of esters is 2. The molecule has 1 heterocycles. The van der Waals surface area contributed by atoms with Crippen molar-refractivity contribution in [3.8, 4) is 0 Å². The van der Waals surface area contributed by atoms with Crippen molar-refractivity contribution in [2.24, 2.45) is 5.41 Å². The van der Waals surface area contributed by atoms with E-state index in [0.29, 0.717) is 0 Å². The molecule has 0 aromatic carbocycles. The van der Waals surface area contributed by atoms with E-state index in [2.05, 4.69) is 13.8 Å². The van der Waals surface area contributed by atoms with Gasteiger partial charge in [-0.2, -0.15) is 0 Å². The summed E-state index contributed by atoms with van der Waals surface area (Å²) < 4.78 is 15.8. The highest BCUT2D eigenvalue weighted by Crippen LogP contribution is 2.51. The molecular formula is C16H22O5. The largest absolute Gasteiger partial charge is 0.473 e. The van der Waals surface area contributed by atoms with Gasteiger partial charge in [-0.05, 0) is 43.3 Å². The fraction of sp³-hybridized carbons (Fsp3) is 0.625. The third-order valence-corrected chi connectivity index (χ3v) is 4.21. The van der Waals surface area contributed by atoms with E-state index in [0.717, 1.165) is 24.8 Å². The highest BCUT2D eigenvalue weighted by Gasteiger charge is 2.47. The summed E-state index contributed by atoms with van der Waals surface area (Å²) in [5.41, 5.74) is 0.416. The molecular weight excluding hydrogens is 272 g/mol. The van der Waals surface area contributed by atoms with Gasteiger partial charge in [-0.15, -0.1) is 0 Å². The first-order valence-electron chi connectivity index (χ1n) is 7.12. The van der Waals surface area contributed by atoms with Crippen LogP contribution in [-0.2, 0) is 23.8 Å². The van der Waals surface area contributed by atoms with Crippen molar-refractivity contribution in [3.05, 3.63) is 23.2 Å². The van der Waals surface area contributed by atoms with E-state index in [1.807, 2.05) is 6.92 Å². The van der Waals surface area contributed by atoms with Gasteiger partial charge >= 0.3 is 11.9 Å². The summed E-state index contributed by atoms with van der Waals surface area (Å²) in [4.78, 5) is 23.2. The Morgan fingerprint density at radius 3 is 2.48 bits per heavy atom. The number of hydrogen-bond acceptors (Lipinski definition) is 5. The van der Waals surface area contributed by atoms with Crippen molar-refractivity contribution >= 4 is 11.9 Å². The lowest BCUT2D eigenvalue weighted by atomic mass is 9.65. The maximum Gasteiger partial charge on any atom is 0.377 e. The van der Waals surface area contributed by atoms with Crippen molar-refractivity contribution in [2.45, 2.75) is 52.6 Å². The third kappa shape index (κ3) is 2.82. The molecule has 1 saturated carbocycles. The topological polar surface area (TPSA) is 61.8 Å². The Kier molecular flexibility index (Phi) is 3.87. The quantitative estimate of drug-likeness (QED) is 0.733. The van der Waals surface area contributed by atoms with Crippen LogP contribution in [0.3, 0.4) is 0 Å². The van der Waals surface area contributed by atoms with E-state index in [-0.39, 0.29) is 16.9 Å². The van der Waals surface area contributed by atoms with Crippen LogP contribution in [0.5, 0.6) is 0 Å². The van der Waals surface area contributed by atoms with Gasteiger partial charge in [-0.3, -0.25) is 4.79 Å². The smallest absolute Gasteiger partial charge is 0.377 e. The Morgan fingerprint density at radius 1 is 1.24 bits per heavy atom. The van der Waals surface area contributed by atoms with Gasteiger partial charge in [0.25, 0.3) is 0 Å². The average Bonchev–Trinajstić information content (AvgIpc) is 2.37. The molecule has 2 rings (SSSR count). The fourth-order valence-corrected chi connectivity index (χ4v) is 3.24. The highest BCUT2D eigenvalue weighted by atomic mass is 16.6. The second kappa shape index (κ2) is 5.20. The number of ether oxygens (including phenoxy) is 3. The maximum absolute atomic E-state index is 11.9. The predicted molar refractivity (Wildman–Crippen MR) is 76.0 cm³/mol. The molecule has 0 saturated heterocycles. The Balaban J connectivity index is 2.54. The first-order valence-corrected chi connectivity index (χ1v) is 7.12. The van der Waals surface area contributed by atoms with Gasteiger partial charge in [0.1, 0.15) is 5.60 Å². The average molecular weight is 294 g/mol. The molecule has 0 radical (unpaired) electrons. The normalized spacial score (nSPS) is 27.2. The number of rotatable bonds is 2.